The van der Waals surface area contributed by atoms with Gasteiger partial charge in [0.25, 0.3) is 0 Å². The van der Waals surface area contributed by atoms with Crippen molar-refractivity contribution in [2.45, 2.75) is 32.1 Å². The van der Waals surface area contributed by atoms with Gasteiger partial charge in [-0.25, -0.2) is 9.37 Å². The van der Waals surface area contributed by atoms with Crippen molar-refractivity contribution in [2.75, 3.05) is 7.11 Å². The Morgan fingerprint density at radius 2 is 2.13 bits per heavy atom. The van der Waals surface area contributed by atoms with Crippen LogP contribution in [0.4, 0.5) is 4.39 Å². The Kier molecular flexibility index (Phi) is 2.41. The highest BCUT2D eigenvalue weighted by Gasteiger charge is 2.49. The van der Waals surface area contributed by atoms with Crippen LogP contribution in [-0.4, -0.2) is 12.1 Å². The monoisotopic (exact) mass is 209 g/mol. The van der Waals surface area contributed by atoms with Gasteiger partial charge in [-0.3, -0.25) is 0 Å². The Balaban J connectivity index is 2.46. The Bertz CT molecular complexity index is 372. The highest BCUT2D eigenvalue weighted by molar-refractivity contribution is 5.39. The number of methoxy groups -OCH3 is 1. The number of rotatable bonds is 3. The summed E-state index contributed by atoms with van der Waals surface area (Å²) in [6, 6.07) is 1.57. The van der Waals surface area contributed by atoms with Crippen LogP contribution >= 0.6 is 0 Å². The van der Waals surface area contributed by atoms with Gasteiger partial charge in [0, 0.05) is 11.0 Å². The lowest BCUT2D eigenvalue weighted by Gasteiger charge is -2.21. The second-order valence-corrected chi connectivity index (χ2v) is 4.52. The molecule has 1 fully saturated rings. The van der Waals surface area contributed by atoms with Gasteiger partial charge < -0.3 is 4.74 Å². The molecular weight excluding hydrogens is 193 g/mol. The third-order valence-electron chi connectivity index (χ3n) is 3.44. The molecule has 1 aliphatic rings. The lowest BCUT2D eigenvalue weighted by molar-refractivity contribution is 0.371. The van der Waals surface area contributed by atoms with Gasteiger partial charge in [0.1, 0.15) is 5.82 Å². The first-order valence-corrected chi connectivity index (χ1v) is 5.30. The molecule has 3 heteroatoms. The molecule has 1 aliphatic carbocycles. The molecule has 1 aromatic heterocycles. The van der Waals surface area contributed by atoms with Crippen LogP contribution in [0.2, 0.25) is 0 Å². The maximum Gasteiger partial charge on any atom is 0.216 e. The van der Waals surface area contributed by atoms with Gasteiger partial charge in [0.05, 0.1) is 13.3 Å². The summed E-state index contributed by atoms with van der Waals surface area (Å²) in [5.41, 5.74) is 1.03. The van der Waals surface area contributed by atoms with Crippen LogP contribution in [0, 0.1) is 11.7 Å². The molecule has 0 saturated heterocycles. The molecule has 82 valence electrons. The maximum absolute atomic E-state index is 13.2. The van der Waals surface area contributed by atoms with Crippen molar-refractivity contribution < 1.29 is 9.13 Å². The number of hydrogen-bond donors (Lipinski definition) is 0. The van der Waals surface area contributed by atoms with Crippen LogP contribution in [0.1, 0.15) is 32.3 Å². The largest absolute Gasteiger partial charge is 0.481 e. The van der Waals surface area contributed by atoms with E-state index in [4.69, 9.17) is 4.74 Å². The van der Waals surface area contributed by atoms with E-state index < -0.39 is 0 Å². The second-order valence-electron chi connectivity index (χ2n) is 4.52. The molecule has 2 rings (SSSR count). The van der Waals surface area contributed by atoms with E-state index in [1.807, 2.05) is 0 Å². The molecule has 0 radical (unpaired) electrons. The van der Waals surface area contributed by atoms with E-state index in [1.54, 1.807) is 13.2 Å². The summed E-state index contributed by atoms with van der Waals surface area (Å²) in [4.78, 5) is 3.99. The SMILES string of the molecule is COc1ncc(F)cc1C1(C(C)C)CC1. The molecule has 0 bridgehead atoms. The first kappa shape index (κ1) is 10.4. The molecule has 0 amide bonds. The first-order valence-electron chi connectivity index (χ1n) is 5.30. The molecule has 0 aliphatic heterocycles. The zero-order valence-corrected chi connectivity index (χ0v) is 9.38. The van der Waals surface area contributed by atoms with Gasteiger partial charge >= 0.3 is 0 Å². The van der Waals surface area contributed by atoms with Crippen LogP contribution < -0.4 is 4.74 Å². The summed E-state index contributed by atoms with van der Waals surface area (Å²) in [6.45, 7) is 4.33. The van der Waals surface area contributed by atoms with E-state index in [0.717, 1.165) is 18.4 Å². The van der Waals surface area contributed by atoms with Crippen molar-refractivity contribution in [3.05, 3.63) is 23.6 Å². The summed E-state index contributed by atoms with van der Waals surface area (Å²) in [5.74, 6) is 0.787. The molecule has 0 atom stereocenters. The molecule has 0 aromatic carbocycles. The van der Waals surface area contributed by atoms with E-state index in [0.29, 0.717) is 11.8 Å². The van der Waals surface area contributed by atoms with Crippen LogP contribution in [0.3, 0.4) is 0 Å². The third kappa shape index (κ3) is 1.60. The minimum absolute atomic E-state index is 0.0977. The van der Waals surface area contributed by atoms with Crippen LogP contribution in [0.5, 0.6) is 5.88 Å². The number of pyridine rings is 1. The highest BCUT2D eigenvalue weighted by Crippen LogP contribution is 2.55. The molecule has 0 N–H and O–H groups in total. The fourth-order valence-electron chi connectivity index (χ4n) is 2.24. The normalized spacial score (nSPS) is 17.9. The standard InChI is InChI=1S/C12H16FNO/c1-8(2)12(4-5-12)10-6-9(13)7-14-11(10)15-3/h6-8H,4-5H2,1-3H3. The molecule has 0 unspecified atom stereocenters. The van der Waals surface area contributed by atoms with Gasteiger partial charge in [-0.05, 0) is 24.8 Å². The molecule has 1 aromatic rings. The number of hydrogen-bond acceptors (Lipinski definition) is 2. The predicted octanol–water partition coefficient (Wildman–Crippen LogP) is 2.92. The maximum atomic E-state index is 13.2. The van der Waals surface area contributed by atoms with Crippen molar-refractivity contribution in [1.82, 2.24) is 4.98 Å². The number of ether oxygens (including phenoxy) is 1. The van der Waals surface area contributed by atoms with E-state index in [9.17, 15) is 4.39 Å². The van der Waals surface area contributed by atoms with E-state index in [-0.39, 0.29) is 11.2 Å². The molecule has 0 spiro atoms. The lowest BCUT2D eigenvalue weighted by Crippen LogP contribution is -2.16. The van der Waals surface area contributed by atoms with Gasteiger partial charge in [0.2, 0.25) is 5.88 Å². The van der Waals surface area contributed by atoms with Crippen LogP contribution in [0.25, 0.3) is 0 Å². The minimum Gasteiger partial charge on any atom is -0.481 e. The predicted molar refractivity (Wildman–Crippen MR) is 56.5 cm³/mol. The van der Waals surface area contributed by atoms with Gasteiger partial charge in [-0.1, -0.05) is 13.8 Å². The van der Waals surface area contributed by atoms with Crippen molar-refractivity contribution in [2.24, 2.45) is 5.92 Å². The smallest absolute Gasteiger partial charge is 0.216 e. The highest BCUT2D eigenvalue weighted by atomic mass is 19.1. The van der Waals surface area contributed by atoms with Crippen LogP contribution in [-0.2, 0) is 5.41 Å². The molecule has 1 saturated carbocycles. The Morgan fingerprint density at radius 1 is 1.47 bits per heavy atom. The first-order chi connectivity index (χ1) is 7.10. The number of nitrogens with zero attached hydrogens (tertiary/aromatic N) is 1. The summed E-state index contributed by atoms with van der Waals surface area (Å²) < 4.78 is 18.4. The number of aromatic nitrogens is 1. The van der Waals surface area contributed by atoms with Crippen molar-refractivity contribution in [1.29, 1.82) is 0 Å². The molecule has 2 nitrogen and oxygen atoms in total. The quantitative estimate of drug-likeness (QED) is 0.763. The second kappa shape index (κ2) is 3.47. The van der Waals surface area contributed by atoms with Gasteiger partial charge in [0.15, 0.2) is 0 Å². The average Bonchev–Trinajstić information content (AvgIpc) is 2.98. The molecular formula is C12H16FNO. The zero-order valence-electron chi connectivity index (χ0n) is 9.38. The van der Waals surface area contributed by atoms with E-state index in [1.165, 1.54) is 6.20 Å². The topological polar surface area (TPSA) is 22.1 Å². The summed E-state index contributed by atoms with van der Waals surface area (Å²) in [7, 11) is 1.58. The third-order valence-corrected chi connectivity index (χ3v) is 3.44. The molecule has 15 heavy (non-hydrogen) atoms. The Hall–Kier alpha value is -1.12. The summed E-state index contributed by atoms with van der Waals surface area (Å²) in [5, 5.41) is 0. The lowest BCUT2D eigenvalue weighted by atomic mass is 9.85. The van der Waals surface area contributed by atoms with E-state index in [2.05, 4.69) is 18.8 Å². The molecule has 1 heterocycles. The van der Waals surface area contributed by atoms with Crippen molar-refractivity contribution >= 4 is 0 Å². The Labute approximate surface area is 89.5 Å². The number of halogens is 1. The summed E-state index contributed by atoms with van der Waals surface area (Å²) in [6.07, 6.45) is 3.41. The minimum atomic E-state index is -0.280. The fraction of sp³-hybridized carbons (Fsp3) is 0.583. The fourth-order valence-corrected chi connectivity index (χ4v) is 2.24. The zero-order chi connectivity index (χ0) is 11.1. The van der Waals surface area contributed by atoms with Gasteiger partial charge in [-0.2, -0.15) is 0 Å². The van der Waals surface area contributed by atoms with Crippen molar-refractivity contribution in [3.8, 4) is 5.88 Å². The Morgan fingerprint density at radius 3 is 2.60 bits per heavy atom. The van der Waals surface area contributed by atoms with Crippen LogP contribution in [0.15, 0.2) is 12.3 Å². The average molecular weight is 209 g/mol. The van der Waals surface area contributed by atoms with Crippen molar-refractivity contribution in [3.63, 3.8) is 0 Å². The summed E-state index contributed by atoms with van der Waals surface area (Å²) >= 11 is 0. The van der Waals surface area contributed by atoms with E-state index >= 15 is 0 Å². The van der Waals surface area contributed by atoms with Gasteiger partial charge in [-0.15, -0.1) is 0 Å².